The molecule has 1 heterocycles. The molecule has 7 heteroatoms. The Labute approximate surface area is 96.3 Å². The summed E-state index contributed by atoms with van der Waals surface area (Å²) in [6.07, 6.45) is -4.30. The van der Waals surface area contributed by atoms with Gasteiger partial charge in [0.15, 0.2) is 0 Å². The number of aromatic amines is 1. The van der Waals surface area contributed by atoms with Gasteiger partial charge in [-0.25, -0.2) is 4.98 Å². The lowest BCUT2D eigenvalue weighted by Gasteiger charge is -2.16. The molecule has 0 amide bonds. The maximum absolute atomic E-state index is 12.0. The van der Waals surface area contributed by atoms with Gasteiger partial charge in [0, 0.05) is 11.7 Å². The van der Waals surface area contributed by atoms with Gasteiger partial charge >= 0.3 is 6.18 Å². The predicted molar refractivity (Wildman–Crippen MR) is 56.8 cm³/mol. The summed E-state index contributed by atoms with van der Waals surface area (Å²) in [6.45, 7) is 3.58. The molecule has 1 unspecified atom stereocenters. The zero-order chi connectivity index (χ0) is 13.2. The molecule has 1 aromatic heterocycles. The van der Waals surface area contributed by atoms with E-state index in [0.29, 0.717) is 11.5 Å². The smallest absolute Gasteiger partial charge is 0.310 e. The molecule has 0 aliphatic rings. The van der Waals surface area contributed by atoms with Crippen LogP contribution in [-0.4, -0.2) is 22.7 Å². The van der Waals surface area contributed by atoms with Gasteiger partial charge in [-0.05, 0) is 20.8 Å². The van der Waals surface area contributed by atoms with Gasteiger partial charge in [0.25, 0.3) is 5.56 Å². The molecule has 0 aliphatic carbocycles. The number of rotatable bonds is 3. The lowest BCUT2D eigenvalue weighted by molar-refractivity contribution is -0.126. The average Bonchev–Trinajstić information content (AvgIpc) is 2.11. The summed E-state index contributed by atoms with van der Waals surface area (Å²) in [5, 5.41) is 2.25. The van der Waals surface area contributed by atoms with E-state index in [4.69, 9.17) is 0 Å². The standard InChI is InChI=1S/C10H14F3N3O/c1-5(14-4-10(11,12)13)8-6(2)15-7(3)16-9(8)17/h5,14H,4H2,1-3H3,(H,15,16,17). The molecule has 17 heavy (non-hydrogen) atoms. The topological polar surface area (TPSA) is 57.8 Å². The van der Waals surface area contributed by atoms with E-state index in [1.807, 2.05) is 0 Å². The summed E-state index contributed by atoms with van der Waals surface area (Å²) in [5.41, 5.74) is 0.269. The fourth-order valence-electron chi connectivity index (χ4n) is 1.62. The molecule has 1 aromatic rings. The van der Waals surface area contributed by atoms with Crippen molar-refractivity contribution in [2.45, 2.75) is 33.0 Å². The number of H-pyrrole nitrogens is 1. The molecule has 0 fully saturated rings. The van der Waals surface area contributed by atoms with E-state index in [2.05, 4.69) is 15.3 Å². The van der Waals surface area contributed by atoms with Gasteiger partial charge in [-0.15, -0.1) is 0 Å². The number of nitrogens with one attached hydrogen (secondary N) is 2. The fourth-order valence-corrected chi connectivity index (χ4v) is 1.62. The van der Waals surface area contributed by atoms with Crippen molar-refractivity contribution in [1.29, 1.82) is 0 Å². The maximum Gasteiger partial charge on any atom is 0.401 e. The normalized spacial score (nSPS) is 13.8. The first-order chi connectivity index (χ1) is 7.70. The minimum Gasteiger partial charge on any atom is -0.310 e. The summed E-state index contributed by atoms with van der Waals surface area (Å²) < 4.78 is 36.1. The van der Waals surface area contributed by atoms with Crippen LogP contribution >= 0.6 is 0 Å². The molecule has 0 spiro atoms. The monoisotopic (exact) mass is 249 g/mol. The molecule has 0 saturated carbocycles. The van der Waals surface area contributed by atoms with Crippen molar-refractivity contribution in [1.82, 2.24) is 15.3 Å². The first-order valence-electron chi connectivity index (χ1n) is 5.08. The summed E-state index contributed by atoms with van der Waals surface area (Å²) in [5.74, 6) is 0.444. The third-order valence-corrected chi connectivity index (χ3v) is 2.31. The van der Waals surface area contributed by atoms with Crippen molar-refractivity contribution in [3.8, 4) is 0 Å². The predicted octanol–water partition coefficient (Wildman–Crippen LogP) is 1.60. The fraction of sp³-hybridized carbons (Fsp3) is 0.600. The quantitative estimate of drug-likeness (QED) is 0.855. The van der Waals surface area contributed by atoms with Crippen LogP contribution in [0.2, 0.25) is 0 Å². The molecule has 1 atom stereocenters. The van der Waals surface area contributed by atoms with Crippen molar-refractivity contribution in [2.24, 2.45) is 0 Å². The molecule has 96 valence electrons. The summed E-state index contributed by atoms with van der Waals surface area (Å²) in [4.78, 5) is 18.1. The van der Waals surface area contributed by atoms with Gasteiger partial charge in [-0.2, -0.15) is 13.2 Å². The Balaban J connectivity index is 2.90. The highest BCUT2D eigenvalue weighted by atomic mass is 19.4. The van der Waals surface area contributed by atoms with Crippen LogP contribution in [0.15, 0.2) is 4.79 Å². The van der Waals surface area contributed by atoms with Gasteiger partial charge < -0.3 is 10.3 Å². The van der Waals surface area contributed by atoms with Crippen LogP contribution in [0.25, 0.3) is 0 Å². The van der Waals surface area contributed by atoms with Crippen molar-refractivity contribution in [3.63, 3.8) is 0 Å². The van der Waals surface area contributed by atoms with Crippen LogP contribution in [0.4, 0.5) is 13.2 Å². The summed E-state index contributed by atoms with van der Waals surface area (Å²) >= 11 is 0. The lowest BCUT2D eigenvalue weighted by Crippen LogP contribution is -2.34. The third kappa shape index (κ3) is 3.85. The third-order valence-electron chi connectivity index (χ3n) is 2.31. The number of aryl methyl sites for hydroxylation is 2. The molecule has 4 nitrogen and oxygen atoms in total. The van der Waals surface area contributed by atoms with E-state index in [1.54, 1.807) is 13.8 Å². The second-order valence-corrected chi connectivity index (χ2v) is 3.87. The van der Waals surface area contributed by atoms with Gasteiger partial charge in [-0.1, -0.05) is 0 Å². The van der Waals surface area contributed by atoms with Crippen LogP contribution in [0, 0.1) is 13.8 Å². The zero-order valence-electron chi connectivity index (χ0n) is 9.77. The Bertz CT molecular complexity index is 453. The van der Waals surface area contributed by atoms with E-state index >= 15 is 0 Å². The van der Waals surface area contributed by atoms with Gasteiger partial charge in [-0.3, -0.25) is 4.79 Å². The van der Waals surface area contributed by atoms with Crippen molar-refractivity contribution in [3.05, 3.63) is 27.4 Å². The molecule has 1 rings (SSSR count). The van der Waals surface area contributed by atoms with Crippen molar-refractivity contribution >= 4 is 0 Å². The first kappa shape index (κ1) is 13.7. The number of aromatic nitrogens is 2. The van der Waals surface area contributed by atoms with Crippen LogP contribution in [0.3, 0.4) is 0 Å². The lowest BCUT2D eigenvalue weighted by atomic mass is 10.1. The first-order valence-corrected chi connectivity index (χ1v) is 5.08. The second kappa shape index (κ2) is 4.87. The number of nitrogens with zero attached hydrogens (tertiary/aromatic N) is 1. The summed E-state index contributed by atoms with van der Waals surface area (Å²) in [6, 6.07) is -0.700. The van der Waals surface area contributed by atoms with E-state index in [0.717, 1.165) is 0 Å². The van der Waals surface area contributed by atoms with Gasteiger partial charge in [0.1, 0.15) is 5.82 Å². The van der Waals surface area contributed by atoms with E-state index in [-0.39, 0.29) is 5.56 Å². The van der Waals surface area contributed by atoms with Crippen LogP contribution in [0.1, 0.15) is 30.0 Å². The Hall–Kier alpha value is -1.37. The number of hydrogen-bond acceptors (Lipinski definition) is 3. The largest absolute Gasteiger partial charge is 0.401 e. The zero-order valence-corrected chi connectivity index (χ0v) is 9.77. The Morgan fingerprint density at radius 3 is 2.47 bits per heavy atom. The maximum atomic E-state index is 12.0. The molecular formula is C10H14F3N3O. The van der Waals surface area contributed by atoms with Gasteiger partial charge in [0.05, 0.1) is 12.1 Å². The number of alkyl halides is 3. The summed E-state index contributed by atoms with van der Waals surface area (Å²) in [7, 11) is 0. The molecule has 2 N–H and O–H groups in total. The van der Waals surface area contributed by atoms with E-state index < -0.39 is 24.3 Å². The molecule has 0 aliphatic heterocycles. The molecular weight excluding hydrogens is 235 g/mol. The van der Waals surface area contributed by atoms with Crippen molar-refractivity contribution in [2.75, 3.05) is 6.54 Å². The molecule has 0 aromatic carbocycles. The molecule has 0 radical (unpaired) electrons. The Morgan fingerprint density at radius 2 is 2.00 bits per heavy atom. The highest BCUT2D eigenvalue weighted by Crippen LogP contribution is 2.16. The number of halogens is 3. The van der Waals surface area contributed by atoms with Crippen LogP contribution in [-0.2, 0) is 0 Å². The second-order valence-electron chi connectivity index (χ2n) is 3.87. The van der Waals surface area contributed by atoms with E-state index in [1.165, 1.54) is 6.92 Å². The van der Waals surface area contributed by atoms with Crippen molar-refractivity contribution < 1.29 is 13.2 Å². The van der Waals surface area contributed by atoms with Gasteiger partial charge in [0.2, 0.25) is 0 Å². The highest BCUT2D eigenvalue weighted by Gasteiger charge is 2.28. The molecule has 0 saturated heterocycles. The van der Waals surface area contributed by atoms with Crippen LogP contribution < -0.4 is 10.9 Å². The minimum absolute atomic E-state index is 0.236. The van der Waals surface area contributed by atoms with E-state index in [9.17, 15) is 18.0 Å². The highest BCUT2D eigenvalue weighted by molar-refractivity contribution is 5.19. The Morgan fingerprint density at radius 1 is 1.41 bits per heavy atom. The average molecular weight is 249 g/mol. The number of hydrogen-bond donors (Lipinski definition) is 2. The minimum atomic E-state index is -4.30. The van der Waals surface area contributed by atoms with Crippen LogP contribution in [0.5, 0.6) is 0 Å². The molecule has 0 bridgehead atoms. The SMILES string of the molecule is Cc1nc(C)c(C(C)NCC(F)(F)F)c(=O)[nH]1. The Kier molecular flexibility index (Phi) is 3.92.